The number of benzene rings is 1. The summed E-state index contributed by atoms with van der Waals surface area (Å²) >= 11 is 0. The van der Waals surface area contributed by atoms with Crippen molar-refractivity contribution in [3.63, 3.8) is 0 Å². The summed E-state index contributed by atoms with van der Waals surface area (Å²) < 4.78 is 20.5. The molecule has 28 heavy (non-hydrogen) atoms. The van der Waals surface area contributed by atoms with Crippen molar-refractivity contribution in [1.29, 1.82) is 0 Å². The maximum absolute atomic E-state index is 13.3. The topological polar surface area (TPSA) is 58.7 Å². The van der Waals surface area contributed by atoms with E-state index in [2.05, 4.69) is 0 Å². The average Bonchev–Trinajstić information content (AvgIpc) is 3.45. The molecule has 5 rings (SSSR count). The van der Waals surface area contributed by atoms with Crippen molar-refractivity contribution in [2.75, 3.05) is 13.1 Å². The third kappa shape index (κ3) is 2.62. The SMILES string of the molecule is O=C(c1ccco1)N1C[C@@H]2[C@@H](C1)n1cccc1C(=O)N2Cc1ccc(F)cc1. The highest BCUT2D eigenvalue weighted by Crippen LogP contribution is 2.35. The number of furan rings is 1. The number of amides is 2. The van der Waals surface area contributed by atoms with E-state index in [0.29, 0.717) is 31.1 Å². The lowest BCUT2D eigenvalue weighted by molar-refractivity contribution is 0.0549. The van der Waals surface area contributed by atoms with Gasteiger partial charge in [-0.3, -0.25) is 9.59 Å². The van der Waals surface area contributed by atoms with Crippen molar-refractivity contribution in [2.45, 2.75) is 18.6 Å². The fraction of sp³-hybridized carbons (Fsp3) is 0.238. The quantitative estimate of drug-likeness (QED) is 0.703. The molecule has 2 atom stereocenters. The number of likely N-dealkylation sites (tertiary alicyclic amines) is 1. The Bertz CT molecular complexity index is 1030. The standard InChI is InChI=1S/C21H18FN3O3/c22-15-7-5-14(6-8-15)11-25-18-13-23(21(27)19-4-2-10-28-19)12-17(18)24-9-1-3-16(24)20(25)26/h1-10,17-18H,11-13H2/t17-,18-/m1/s1. The molecule has 2 aliphatic rings. The minimum Gasteiger partial charge on any atom is -0.459 e. The molecular formula is C21H18FN3O3. The van der Waals surface area contributed by atoms with Gasteiger partial charge in [-0.2, -0.15) is 0 Å². The van der Waals surface area contributed by atoms with Crippen LogP contribution in [0.25, 0.3) is 0 Å². The molecule has 0 unspecified atom stereocenters. The molecule has 2 amide bonds. The van der Waals surface area contributed by atoms with E-state index in [1.54, 1.807) is 40.1 Å². The molecule has 2 aliphatic heterocycles. The Kier molecular flexibility index (Phi) is 3.82. The zero-order valence-corrected chi connectivity index (χ0v) is 15.0. The molecule has 0 radical (unpaired) electrons. The lowest BCUT2D eigenvalue weighted by Gasteiger charge is -2.38. The summed E-state index contributed by atoms with van der Waals surface area (Å²) in [5.41, 5.74) is 1.46. The predicted molar refractivity (Wildman–Crippen MR) is 98.1 cm³/mol. The highest BCUT2D eigenvalue weighted by Gasteiger charge is 2.46. The number of halogens is 1. The van der Waals surface area contributed by atoms with Crippen LogP contribution in [0.4, 0.5) is 4.39 Å². The number of rotatable bonds is 3. The Hall–Kier alpha value is -3.35. The van der Waals surface area contributed by atoms with Crippen LogP contribution in [0.15, 0.2) is 65.4 Å². The molecule has 3 aromatic rings. The third-order valence-corrected chi connectivity index (χ3v) is 5.56. The van der Waals surface area contributed by atoms with Crippen LogP contribution in [-0.2, 0) is 6.54 Å². The van der Waals surface area contributed by atoms with Gasteiger partial charge in [0, 0.05) is 25.8 Å². The molecule has 7 heteroatoms. The second-order valence-electron chi connectivity index (χ2n) is 7.18. The van der Waals surface area contributed by atoms with E-state index in [9.17, 15) is 14.0 Å². The summed E-state index contributed by atoms with van der Waals surface area (Å²) in [7, 11) is 0. The predicted octanol–water partition coefficient (Wildman–Crippen LogP) is 2.94. The van der Waals surface area contributed by atoms with Gasteiger partial charge >= 0.3 is 0 Å². The molecule has 1 aromatic carbocycles. The number of fused-ring (bicyclic) bond motifs is 3. The molecule has 142 valence electrons. The van der Waals surface area contributed by atoms with Crippen LogP contribution >= 0.6 is 0 Å². The lowest BCUT2D eigenvalue weighted by atomic mass is 10.0. The van der Waals surface area contributed by atoms with E-state index in [1.165, 1.54) is 18.4 Å². The Morgan fingerprint density at radius 1 is 1.07 bits per heavy atom. The smallest absolute Gasteiger partial charge is 0.289 e. The van der Waals surface area contributed by atoms with Gasteiger partial charge in [-0.05, 0) is 42.0 Å². The summed E-state index contributed by atoms with van der Waals surface area (Å²) in [6.07, 6.45) is 3.37. The van der Waals surface area contributed by atoms with Crippen molar-refractivity contribution in [3.8, 4) is 0 Å². The van der Waals surface area contributed by atoms with Crippen LogP contribution in [0.3, 0.4) is 0 Å². The first kappa shape index (κ1) is 16.8. The first-order valence-corrected chi connectivity index (χ1v) is 9.17. The van der Waals surface area contributed by atoms with Gasteiger partial charge in [0.25, 0.3) is 11.8 Å². The number of hydrogen-bond donors (Lipinski definition) is 0. The summed E-state index contributed by atoms with van der Waals surface area (Å²) in [5.74, 6) is -0.274. The van der Waals surface area contributed by atoms with Gasteiger partial charge < -0.3 is 18.8 Å². The summed E-state index contributed by atoms with van der Waals surface area (Å²) in [6, 6.07) is 13.0. The monoisotopic (exact) mass is 379 g/mol. The largest absolute Gasteiger partial charge is 0.459 e. The fourth-order valence-corrected chi connectivity index (χ4v) is 4.21. The van der Waals surface area contributed by atoms with Crippen LogP contribution in [0.5, 0.6) is 0 Å². The van der Waals surface area contributed by atoms with Gasteiger partial charge in [0.2, 0.25) is 0 Å². The van der Waals surface area contributed by atoms with E-state index in [1.807, 2.05) is 16.8 Å². The number of nitrogens with zero attached hydrogens (tertiary/aromatic N) is 3. The van der Waals surface area contributed by atoms with E-state index in [0.717, 1.165) is 5.56 Å². The highest BCUT2D eigenvalue weighted by molar-refractivity contribution is 5.95. The summed E-state index contributed by atoms with van der Waals surface area (Å²) in [5, 5.41) is 0. The van der Waals surface area contributed by atoms with Crippen molar-refractivity contribution in [2.24, 2.45) is 0 Å². The van der Waals surface area contributed by atoms with E-state index in [4.69, 9.17) is 4.42 Å². The summed E-state index contributed by atoms with van der Waals surface area (Å²) in [6.45, 7) is 1.29. The Morgan fingerprint density at radius 2 is 1.86 bits per heavy atom. The molecule has 0 N–H and O–H groups in total. The van der Waals surface area contributed by atoms with Gasteiger partial charge in [0.15, 0.2) is 5.76 Å². The van der Waals surface area contributed by atoms with Crippen molar-refractivity contribution >= 4 is 11.8 Å². The van der Waals surface area contributed by atoms with E-state index < -0.39 is 0 Å². The minimum absolute atomic E-state index is 0.0259. The van der Waals surface area contributed by atoms with Gasteiger partial charge in [0.1, 0.15) is 11.5 Å². The molecule has 1 saturated heterocycles. The zero-order valence-electron chi connectivity index (χ0n) is 15.0. The van der Waals surface area contributed by atoms with E-state index >= 15 is 0 Å². The number of carbonyl (C=O) groups excluding carboxylic acids is 2. The van der Waals surface area contributed by atoms with Crippen LogP contribution < -0.4 is 0 Å². The number of carbonyl (C=O) groups is 2. The van der Waals surface area contributed by atoms with Crippen LogP contribution in [-0.4, -0.2) is 45.3 Å². The molecule has 2 aromatic heterocycles. The molecule has 4 heterocycles. The number of aromatic nitrogens is 1. The van der Waals surface area contributed by atoms with Gasteiger partial charge in [0.05, 0.1) is 18.3 Å². The molecule has 1 fully saturated rings. The number of hydrogen-bond acceptors (Lipinski definition) is 3. The lowest BCUT2D eigenvalue weighted by Crippen LogP contribution is -2.49. The van der Waals surface area contributed by atoms with Gasteiger partial charge in [-0.1, -0.05) is 12.1 Å². The van der Waals surface area contributed by atoms with Crippen molar-refractivity contribution in [1.82, 2.24) is 14.4 Å². The molecule has 0 aliphatic carbocycles. The van der Waals surface area contributed by atoms with Crippen LogP contribution in [0, 0.1) is 5.82 Å². The second kappa shape index (κ2) is 6.37. The molecule has 0 saturated carbocycles. The molecule has 6 nitrogen and oxygen atoms in total. The fourth-order valence-electron chi connectivity index (χ4n) is 4.21. The molecular weight excluding hydrogens is 361 g/mol. The highest BCUT2D eigenvalue weighted by atomic mass is 19.1. The third-order valence-electron chi connectivity index (χ3n) is 5.56. The van der Waals surface area contributed by atoms with Crippen LogP contribution in [0.2, 0.25) is 0 Å². The average molecular weight is 379 g/mol. The maximum atomic E-state index is 13.3. The normalized spacial score (nSPS) is 21.0. The van der Waals surface area contributed by atoms with Gasteiger partial charge in [-0.25, -0.2) is 4.39 Å². The maximum Gasteiger partial charge on any atom is 0.289 e. The van der Waals surface area contributed by atoms with Crippen molar-refractivity contribution < 1.29 is 18.4 Å². The second-order valence-corrected chi connectivity index (χ2v) is 7.18. The van der Waals surface area contributed by atoms with E-state index in [-0.39, 0.29) is 29.7 Å². The Balaban J connectivity index is 1.47. The Morgan fingerprint density at radius 3 is 2.61 bits per heavy atom. The zero-order chi connectivity index (χ0) is 19.3. The Labute approximate surface area is 160 Å². The summed E-state index contributed by atoms with van der Waals surface area (Å²) in [4.78, 5) is 29.4. The molecule has 0 spiro atoms. The first-order valence-electron chi connectivity index (χ1n) is 9.17. The molecule has 0 bridgehead atoms. The van der Waals surface area contributed by atoms with Crippen molar-refractivity contribution in [3.05, 3.63) is 83.8 Å². The van der Waals surface area contributed by atoms with Gasteiger partial charge in [-0.15, -0.1) is 0 Å². The first-order chi connectivity index (χ1) is 13.6. The van der Waals surface area contributed by atoms with Crippen LogP contribution in [0.1, 0.15) is 32.6 Å². The minimum atomic E-state index is -0.309.